The lowest BCUT2D eigenvalue weighted by atomic mass is 9.78. The smallest absolute Gasteiger partial charge is 0.147 e. The first kappa shape index (κ1) is 22.1. The molecule has 1 aliphatic heterocycles. The van der Waals surface area contributed by atoms with Crippen molar-refractivity contribution in [2.45, 2.75) is 49.9 Å². The summed E-state index contributed by atoms with van der Waals surface area (Å²) in [6, 6.07) is 14.7. The van der Waals surface area contributed by atoms with Crippen molar-refractivity contribution in [2.75, 3.05) is 18.0 Å². The van der Waals surface area contributed by atoms with Crippen LogP contribution in [0.1, 0.15) is 61.7 Å². The molecule has 0 bridgehead atoms. The predicted molar refractivity (Wildman–Crippen MR) is 127 cm³/mol. The Morgan fingerprint density at radius 3 is 2.35 bits per heavy atom. The van der Waals surface area contributed by atoms with Crippen molar-refractivity contribution in [2.24, 2.45) is 7.05 Å². The van der Waals surface area contributed by atoms with Gasteiger partial charge >= 0.3 is 0 Å². The number of hydrogen-bond acceptors (Lipinski definition) is 4. The van der Waals surface area contributed by atoms with Gasteiger partial charge in [0.05, 0.1) is 10.4 Å². The van der Waals surface area contributed by atoms with E-state index in [-0.39, 0.29) is 17.8 Å². The summed E-state index contributed by atoms with van der Waals surface area (Å²) in [4.78, 5) is 6.77. The van der Waals surface area contributed by atoms with Crippen LogP contribution in [0.25, 0.3) is 0 Å². The van der Waals surface area contributed by atoms with Crippen LogP contribution in [-0.4, -0.2) is 32.8 Å². The largest absolute Gasteiger partial charge is 0.355 e. The lowest BCUT2D eigenvalue weighted by molar-refractivity contribution is 0.451. The number of rotatable bonds is 4. The summed E-state index contributed by atoms with van der Waals surface area (Å²) >= 11 is 6.36. The van der Waals surface area contributed by atoms with E-state index in [0.717, 1.165) is 61.3 Å². The molecule has 0 unspecified atom stereocenters. The average molecular weight is 458 g/mol. The van der Waals surface area contributed by atoms with Crippen molar-refractivity contribution in [3.63, 3.8) is 0 Å². The Morgan fingerprint density at radius 2 is 1.68 bits per heavy atom. The van der Waals surface area contributed by atoms with E-state index < -0.39 is 0 Å². The molecule has 3 heterocycles. The summed E-state index contributed by atoms with van der Waals surface area (Å²) in [5.74, 6) is 3.57. The van der Waals surface area contributed by atoms with Crippen molar-refractivity contribution in [3.05, 3.63) is 70.9 Å². The Morgan fingerprint density at radius 1 is 0.968 bits per heavy atom. The zero-order chi connectivity index (χ0) is 20.6. The van der Waals surface area contributed by atoms with Crippen molar-refractivity contribution < 1.29 is 0 Å². The topological polar surface area (TPSA) is 46.8 Å². The van der Waals surface area contributed by atoms with E-state index in [9.17, 15) is 0 Å². The highest BCUT2D eigenvalue weighted by molar-refractivity contribution is 6.32. The van der Waals surface area contributed by atoms with Gasteiger partial charge in [-0.15, -0.1) is 22.6 Å². The highest BCUT2D eigenvalue weighted by Crippen LogP contribution is 2.46. The van der Waals surface area contributed by atoms with Crippen molar-refractivity contribution in [1.29, 1.82) is 0 Å². The van der Waals surface area contributed by atoms with Crippen LogP contribution in [0, 0.1) is 0 Å². The third-order valence-corrected chi connectivity index (χ3v) is 7.31. The lowest BCUT2D eigenvalue weighted by Gasteiger charge is -2.33. The minimum absolute atomic E-state index is 0. The number of hydrogen-bond donors (Lipinski definition) is 0. The highest BCUT2D eigenvalue weighted by Gasteiger charge is 2.42. The second-order valence-corrected chi connectivity index (χ2v) is 9.07. The van der Waals surface area contributed by atoms with E-state index in [1.807, 2.05) is 18.3 Å². The number of benzene rings is 1. The summed E-state index contributed by atoms with van der Waals surface area (Å²) in [7, 11) is 2.16. The van der Waals surface area contributed by atoms with Crippen LogP contribution in [0.5, 0.6) is 0 Å². The molecule has 1 saturated heterocycles. The second-order valence-electron chi connectivity index (χ2n) is 8.67. The zero-order valence-electron chi connectivity index (χ0n) is 17.9. The van der Waals surface area contributed by atoms with E-state index in [2.05, 4.69) is 51.8 Å². The van der Waals surface area contributed by atoms with E-state index in [1.165, 1.54) is 18.4 Å². The molecule has 5 rings (SSSR count). The van der Waals surface area contributed by atoms with Gasteiger partial charge in [-0.05, 0) is 43.4 Å². The summed E-state index contributed by atoms with van der Waals surface area (Å²) in [6.45, 7) is 1.88. The molecule has 3 aromatic rings. The molecule has 164 valence electrons. The van der Waals surface area contributed by atoms with E-state index in [1.54, 1.807) is 0 Å². The number of piperidine rings is 1. The second kappa shape index (κ2) is 9.17. The molecule has 2 aliphatic rings. The lowest BCUT2D eigenvalue weighted by Crippen LogP contribution is -2.34. The maximum atomic E-state index is 6.36. The fourth-order valence-corrected chi connectivity index (χ4v) is 5.69. The van der Waals surface area contributed by atoms with Gasteiger partial charge in [-0.25, -0.2) is 4.98 Å². The summed E-state index contributed by atoms with van der Waals surface area (Å²) in [6.07, 6.45) is 8.70. The normalized spacial score (nSPS) is 18.7. The Balaban J connectivity index is 0.00000231. The molecule has 0 N–H and O–H groups in total. The molecule has 5 nitrogen and oxygen atoms in total. The molecule has 1 aromatic carbocycles. The van der Waals surface area contributed by atoms with Crippen LogP contribution in [0.2, 0.25) is 5.02 Å². The number of aromatic nitrogens is 4. The molecule has 2 aromatic heterocycles. The van der Waals surface area contributed by atoms with E-state index in [4.69, 9.17) is 21.8 Å². The quantitative estimate of drug-likeness (QED) is 0.516. The van der Waals surface area contributed by atoms with Gasteiger partial charge in [0.25, 0.3) is 0 Å². The van der Waals surface area contributed by atoms with Gasteiger partial charge in [0, 0.05) is 32.3 Å². The summed E-state index contributed by atoms with van der Waals surface area (Å²) < 4.78 is 2.30. The zero-order valence-corrected chi connectivity index (χ0v) is 19.4. The van der Waals surface area contributed by atoms with Crippen LogP contribution in [0.4, 0.5) is 5.82 Å². The predicted octanol–water partition coefficient (Wildman–Crippen LogP) is 5.53. The maximum absolute atomic E-state index is 6.36. The molecule has 0 radical (unpaired) electrons. The minimum atomic E-state index is 0. The fourth-order valence-electron chi connectivity index (χ4n) is 5.45. The molecular formula is C24H29Cl2N5. The molecule has 0 amide bonds. The van der Waals surface area contributed by atoms with Crippen molar-refractivity contribution in [3.8, 4) is 0 Å². The van der Waals surface area contributed by atoms with Gasteiger partial charge < -0.3 is 9.47 Å². The Kier molecular flexibility index (Phi) is 6.54. The van der Waals surface area contributed by atoms with Gasteiger partial charge in [0.2, 0.25) is 0 Å². The molecule has 0 atom stereocenters. The molecule has 1 aliphatic carbocycles. The molecule has 1 saturated carbocycles. The summed E-state index contributed by atoms with van der Waals surface area (Å²) in [5.41, 5.74) is 1.38. The SMILES string of the molecule is Cl.Cn1c(C2CCN(c3ncccc3Cl)CC2)nnc1C1(c2ccccc2)CCCC1. The molecule has 7 heteroatoms. The van der Waals surface area contributed by atoms with Crippen LogP contribution in [-0.2, 0) is 12.5 Å². The van der Waals surface area contributed by atoms with E-state index in [0.29, 0.717) is 5.92 Å². The fraction of sp³-hybridized carbons (Fsp3) is 0.458. The van der Waals surface area contributed by atoms with Gasteiger partial charge in [0.1, 0.15) is 17.5 Å². The minimum Gasteiger partial charge on any atom is -0.355 e. The summed E-state index contributed by atoms with van der Waals surface area (Å²) in [5, 5.41) is 10.2. The third-order valence-electron chi connectivity index (χ3n) is 7.02. The molecular weight excluding hydrogens is 429 g/mol. The van der Waals surface area contributed by atoms with Crippen molar-refractivity contribution >= 4 is 29.8 Å². The standard InChI is InChI=1S/C24H28ClN5.ClH/c1-29-21(18-11-16-30(17-12-18)22-20(25)10-7-15-26-22)27-28-23(29)24(13-5-6-14-24)19-8-3-2-4-9-19;/h2-4,7-10,15,18H,5-6,11-14,16-17H2,1H3;1H. The van der Waals surface area contributed by atoms with Gasteiger partial charge in [-0.2, -0.15) is 0 Å². The monoisotopic (exact) mass is 457 g/mol. The Bertz CT molecular complexity index is 1010. The molecule has 31 heavy (non-hydrogen) atoms. The van der Waals surface area contributed by atoms with Crippen LogP contribution in [0.3, 0.4) is 0 Å². The first-order valence-corrected chi connectivity index (χ1v) is 11.4. The first-order chi connectivity index (χ1) is 14.7. The number of halogens is 2. The van der Waals surface area contributed by atoms with Crippen LogP contribution in [0.15, 0.2) is 48.7 Å². The van der Waals surface area contributed by atoms with Gasteiger partial charge in [-0.1, -0.05) is 54.8 Å². The average Bonchev–Trinajstić information content (AvgIpc) is 3.43. The van der Waals surface area contributed by atoms with E-state index >= 15 is 0 Å². The Labute approximate surface area is 195 Å². The maximum Gasteiger partial charge on any atom is 0.147 e. The molecule has 0 spiro atoms. The third kappa shape index (κ3) is 3.94. The Hall–Kier alpha value is -2.11. The van der Waals surface area contributed by atoms with Gasteiger partial charge in [0.15, 0.2) is 0 Å². The van der Waals surface area contributed by atoms with Crippen LogP contribution >= 0.6 is 24.0 Å². The molecule has 2 fully saturated rings. The van der Waals surface area contributed by atoms with Crippen molar-refractivity contribution in [1.82, 2.24) is 19.7 Å². The first-order valence-electron chi connectivity index (χ1n) is 11.0. The van der Waals surface area contributed by atoms with Crippen LogP contribution < -0.4 is 4.90 Å². The number of nitrogens with zero attached hydrogens (tertiary/aromatic N) is 5. The number of anilines is 1. The number of pyridine rings is 1. The highest BCUT2D eigenvalue weighted by atomic mass is 35.5. The van der Waals surface area contributed by atoms with Gasteiger partial charge in [-0.3, -0.25) is 0 Å².